The van der Waals surface area contributed by atoms with Crippen LogP contribution in [0.15, 0.2) is 41.3 Å². The van der Waals surface area contributed by atoms with Crippen LogP contribution in [0, 0.1) is 0 Å². The first-order valence-electron chi connectivity index (χ1n) is 8.88. The van der Waals surface area contributed by atoms with Crippen LogP contribution in [0.5, 0.6) is 5.75 Å². The normalized spacial score (nSPS) is 15.1. The Balaban J connectivity index is 1.52. The fourth-order valence-corrected chi connectivity index (χ4v) is 3.05. The molecule has 0 spiro atoms. The van der Waals surface area contributed by atoms with Crippen LogP contribution in [-0.2, 0) is 0 Å². The number of rotatable bonds is 5. The number of carbonyl (C=O) groups is 1. The van der Waals surface area contributed by atoms with Gasteiger partial charge in [0.25, 0.3) is 11.5 Å². The second kappa shape index (κ2) is 8.03. The van der Waals surface area contributed by atoms with Gasteiger partial charge < -0.3 is 15.0 Å². The van der Waals surface area contributed by atoms with E-state index in [1.54, 1.807) is 24.4 Å². The summed E-state index contributed by atoms with van der Waals surface area (Å²) >= 11 is 0. The molecule has 0 aliphatic carbocycles. The summed E-state index contributed by atoms with van der Waals surface area (Å²) in [4.78, 5) is 25.9. The number of aromatic nitrogens is 2. The van der Waals surface area contributed by atoms with E-state index >= 15 is 0 Å². The van der Waals surface area contributed by atoms with Crippen molar-refractivity contribution < 1.29 is 9.53 Å². The number of piperidine rings is 1. The van der Waals surface area contributed by atoms with E-state index in [1.165, 1.54) is 0 Å². The molecule has 1 aromatic carbocycles. The quantitative estimate of drug-likeness (QED) is 0.855. The minimum atomic E-state index is -0.206. The van der Waals surface area contributed by atoms with Crippen molar-refractivity contribution in [3.63, 3.8) is 0 Å². The average molecular weight is 356 g/mol. The molecule has 138 valence electrons. The number of ether oxygens (including phenoxy) is 1. The van der Waals surface area contributed by atoms with Crippen LogP contribution in [0.4, 0.5) is 5.69 Å². The Bertz CT molecular complexity index is 793. The number of H-pyrrole nitrogens is 1. The summed E-state index contributed by atoms with van der Waals surface area (Å²) in [6.45, 7) is 5.48. The number of anilines is 1. The maximum absolute atomic E-state index is 12.4. The Kier molecular flexibility index (Phi) is 5.55. The van der Waals surface area contributed by atoms with Crippen LogP contribution in [0.1, 0.15) is 37.0 Å². The molecular weight excluding hydrogens is 332 g/mol. The smallest absolute Gasteiger partial charge is 0.266 e. The molecule has 0 radical (unpaired) electrons. The number of carbonyl (C=O) groups excluding carboxylic acids is 1. The Morgan fingerprint density at radius 2 is 1.96 bits per heavy atom. The SMILES string of the molecule is CC(C)Oc1ccc(C(=O)NC2CCN(c3cn[nH]c(=O)c3)CC2)cc1. The Morgan fingerprint density at radius 1 is 1.27 bits per heavy atom. The Hall–Kier alpha value is -2.83. The van der Waals surface area contributed by atoms with Crippen LogP contribution in [0.3, 0.4) is 0 Å². The van der Waals surface area contributed by atoms with Crippen molar-refractivity contribution in [2.45, 2.75) is 38.8 Å². The number of nitrogens with zero attached hydrogens (tertiary/aromatic N) is 2. The summed E-state index contributed by atoms with van der Waals surface area (Å²) in [6, 6.07) is 8.87. The molecule has 2 heterocycles. The monoisotopic (exact) mass is 356 g/mol. The summed E-state index contributed by atoms with van der Waals surface area (Å²) < 4.78 is 5.59. The Labute approximate surface area is 152 Å². The molecule has 2 N–H and O–H groups in total. The zero-order chi connectivity index (χ0) is 18.5. The third-order valence-electron chi connectivity index (χ3n) is 4.33. The molecule has 0 bridgehead atoms. The molecule has 7 heteroatoms. The molecule has 26 heavy (non-hydrogen) atoms. The van der Waals surface area contributed by atoms with Gasteiger partial charge in [-0.3, -0.25) is 9.59 Å². The van der Waals surface area contributed by atoms with Crippen LogP contribution in [0.25, 0.3) is 0 Å². The molecule has 1 aromatic heterocycles. The molecule has 0 saturated carbocycles. The average Bonchev–Trinajstić information content (AvgIpc) is 2.62. The predicted octanol–water partition coefficient (Wildman–Crippen LogP) is 1.96. The lowest BCUT2D eigenvalue weighted by Gasteiger charge is -2.33. The van der Waals surface area contributed by atoms with Gasteiger partial charge in [-0.1, -0.05) is 0 Å². The maximum atomic E-state index is 12.4. The van der Waals surface area contributed by atoms with E-state index < -0.39 is 0 Å². The van der Waals surface area contributed by atoms with Crippen LogP contribution >= 0.6 is 0 Å². The predicted molar refractivity (Wildman–Crippen MR) is 99.8 cm³/mol. The second-order valence-corrected chi connectivity index (χ2v) is 6.73. The summed E-state index contributed by atoms with van der Waals surface area (Å²) in [5.41, 5.74) is 1.24. The van der Waals surface area contributed by atoms with Crippen molar-refractivity contribution in [3.05, 3.63) is 52.4 Å². The summed E-state index contributed by atoms with van der Waals surface area (Å²) in [6.07, 6.45) is 3.41. The topological polar surface area (TPSA) is 87.3 Å². The number of hydrogen-bond donors (Lipinski definition) is 2. The number of aromatic amines is 1. The van der Waals surface area contributed by atoms with E-state index in [0.717, 1.165) is 37.4 Å². The highest BCUT2D eigenvalue weighted by molar-refractivity contribution is 5.94. The first kappa shape index (κ1) is 18.0. The molecule has 1 aliphatic heterocycles. The number of amides is 1. The van der Waals surface area contributed by atoms with E-state index in [9.17, 15) is 9.59 Å². The van der Waals surface area contributed by atoms with Gasteiger partial charge in [-0.25, -0.2) is 5.10 Å². The number of nitrogens with one attached hydrogen (secondary N) is 2. The van der Waals surface area contributed by atoms with Gasteiger partial charge in [-0.15, -0.1) is 0 Å². The molecule has 3 rings (SSSR count). The molecule has 7 nitrogen and oxygen atoms in total. The Morgan fingerprint density at radius 3 is 2.58 bits per heavy atom. The van der Waals surface area contributed by atoms with Gasteiger partial charge in [0.1, 0.15) is 5.75 Å². The molecule has 2 aromatic rings. The van der Waals surface area contributed by atoms with Crippen molar-refractivity contribution in [1.82, 2.24) is 15.5 Å². The number of hydrogen-bond acceptors (Lipinski definition) is 5. The highest BCUT2D eigenvalue weighted by Crippen LogP contribution is 2.18. The van der Waals surface area contributed by atoms with Crippen molar-refractivity contribution in [3.8, 4) is 5.75 Å². The number of benzene rings is 1. The third kappa shape index (κ3) is 4.62. The van der Waals surface area contributed by atoms with Crippen molar-refractivity contribution >= 4 is 11.6 Å². The van der Waals surface area contributed by atoms with Crippen LogP contribution < -0.4 is 20.5 Å². The second-order valence-electron chi connectivity index (χ2n) is 6.73. The van der Waals surface area contributed by atoms with E-state index in [2.05, 4.69) is 20.4 Å². The van der Waals surface area contributed by atoms with Gasteiger partial charge >= 0.3 is 0 Å². The fraction of sp³-hybridized carbons (Fsp3) is 0.421. The molecule has 0 unspecified atom stereocenters. The summed E-state index contributed by atoms with van der Waals surface area (Å²) in [7, 11) is 0. The van der Waals surface area contributed by atoms with E-state index in [4.69, 9.17) is 4.74 Å². The van der Waals surface area contributed by atoms with Crippen molar-refractivity contribution in [1.29, 1.82) is 0 Å². The maximum Gasteiger partial charge on any atom is 0.266 e. The van der Waals surface area contributed by atoms with E-state index in [0.29, 0.717) is 5.56 Å². The molecule has 1 amide bonds. The van der Waals surface area contributed by atoms with Crippen LogP contribution in [-0.4, -0.2) is 41.3 Å². The largest absolute Gasteiger partial charge is 0.491 e. The minimum absolute atomic E-state index is 0.0719. The van der Waals surface area contributed by atoms with Crippen molar-refractivity contribution in [2.24, 2.45) is 0 Å². The van der Waals surface area contributed by atoms with Gasteiger partial charge in [0.05, 0.1) is 18.0 Å². The van der Waals surface area contributed by atoms with Crippen LogP contribution in [0.2, 0.25) is 0 Å². The van der Waals surface area contributed by atoms with Gasteiger partial charge in [-0.05, 0) is 51.0 Å². The van der Waals surface area contributed by atoms with Gasteiger partial charge in [-0.2, -0.15) is 5.10 Å². The van der Waals surface area contributed by atoms with Gasteiger partial charge in [0.2, 0.25) is 0 Å². The molecular formula is C19H24N4O3. The lowest BCUT2D eigenvalue weighted by atomic mass is 10.0. The molecule has 1 fully saturated rings. The first-order chi connectivity index (χ1) is 12.5. The van der Waals surface area contributed by atoms with Gasteiger partial charge in [0.15, 0.2) is 0 Å². The molecule has 1 aliphatic rings. The fourth-order valence-electron chi connectivity index (χ4n) is 3.05. The van der Waals surface area contributed by atoms with E-state index in [-0.39, 0.29) is 23.6 Å². The zero-order valence-electron chi connectivity index (χ0n) is 15.1. The lowest BCUT2D eigenvalue weighted by molar-refractivity contribution is 0.0931. The lowest BCUT2D eigenvalue weighted by Crippen LogP contribution is -2.45. The van der Waals surface area contributed by atoms with Gasteiger partial charge in [0, 0.05) is 30.8 Å². The summed E-state index contributed by atoms with van der Waals surface area (Å²) in [5.74, 6) is 0.689. The standard InChI is InChI=1S/C19H24N4O3/c1-13(2)26-17-5-3-14(4-6-17)19(25)21-15-7-9-23(10-8-15)16-11-18(24)22-20-12-16/h3-6,11-13,15H,7-10H2,1-2H3,(H,21,25)(H,22,24). The highest BCUT2D eigenvalue weighted by atomic mass is 16.5. The minimum Gasteiger partial charge on any atom is -0.491 e. The molecule has 0 atom stereocenters. The van der Waals surface area contributed by atoms with E-state index in [1.807, 2.05) is 26.0 Å². The first-order valence-corrected chi connectivity index (χ1v) is 8.88. The highest BCUT2D eigenvalue weighted by Gasteiger charge is 2.21. The summed E-state index contributed by atoms with van der Waals surface area (Å²) in [5, 5.41) is 9.30. The zero-order valence-corrected chi connectivity index (χ0v) is 15.1. The molecule has 1 saturated heterocycles. The third-order valence-corrected chi connectivity index (χ3v) is 4.33. The van der Waals surface area contributed by atoms with Crippen molar-refractivity contribution in [2.75, 3.05) is 18.0 Å².